The Morgan fingerprint density at radius 3 is 2.66 bits per heavy atom. The van der Waals surface area contributed by atoms with Gasteiger partial charge in [0.1, 0.15) is 29.0 Å². The van der Waals surface area contributed by atoms with Crippen LogP contribution in [0.1, 0.15) is 23.1 Å². The summed E-state index contributed by atoms with van der Waals surface area (Å²) >= 11 is 1.22. The largest absolute Gasteiger partial charge is 0.573 e. The monoisotopic (exact) mass is 504 g/mol. The van der Waals surface area contributed by atoms with Crippen molar-refractivity contribution in [2.45, 2.75) is 26.3 Å². The van der Waals surface area contributed by atoms with Gasteiger partial charge in [0.05, 0.1) is 7.11 Å². The van der Waals surface area contributed by atoms with Crippen molar-refractivity contribution in [2.75, 3.05) is 12.4 Å². The Kier molecular flexibility index (Phi) is 8.27. The summed E-state index contributed by atoms with van der Waals surface area (Å²) in [7, 11) is 1.41. The molecule has 0 spiro atoms. The molecule has 0 aliphatic heterocycles. The number of aromatic nitrogens is 2. The SMILES string of the molecule is CCc1nnc(NC(=O)C(C#N)=Cc2ccc(OCc3cccc(OC(F)(F)F)c3)c(OC)c2)s1. The van der Waals surface area contributed by atoms with E-state index < -0.39 is 12.3 Å². The summed E-state index contributed by atoms with van der Waals surface area (Å²) in [6, 6.07) is 12.0. The molecule has 3 rings (SSSR count). The van der Waals surface area contributed by atoms with E-state index in [1.54, 1.807) is 24.3 Å². The zero-order chi connectivity index (χ0) is 25.4. The minimum Gasteiger partial charge on any atom is -0.493 e. The number of nitrogens with one attached hydrogen (secondary N) is 1. The molecule has 0 bridgehead atoms. The normalized spacial score (nSPS) is 11.5. The van der Waals surface area contributed by atoms with Crippen LogP contribution in [0, 0.1) is 11.3 Å². The average Bonchev–Trinajstić information content (AvgIpc) is 3.28. The van der Waals surface area contributed by atoms with Gasteiger partial charge in [0.25, 0.3) is 5.91 Å². The number of benzene rings is 2. The van der Waals surface area contributed by atoms with Crippen LogP contribution < -0.4 is 19.5 Å². The maximum atomic E-state index is 12.4. The minimum atomic E-state index is -4.79. The van der Waals surface area contributed by atoms with Crippen LogP contribution in [0.5, 0.6) is 17.2 Å². The molecule has 0 atom stereocenters. The van der Waals surface area contributed by atoms with Crippen LogP contribution in [0.4, 0.5) is 18.3 Å². The predicted octanol–water partition coefficient (Wildman–Crippen LogP) is 5.13. The van der Waals surface area contributed by atoms with Crippen molar-refractivity contribution in [1.29, 1.82) is 5.26 Å². The number of anilines is 1. The third-order valence-electron chi connectivity index (χ3n) is 4.38. The molecule has 182 valence electrons. The van der Waals surface area contributed by atoms with Crippen molar-refractivity contribution >= 4 is 28.5 Å². The van der Waals surface area contributed by atoms with Crippen LogP contribution in [-0.2, 0) is 17.8 Å². The van der Waals surface area contributed by atoms with Crippen molar-refractivity contribution in [3.63, 3.8) is 0 Å². The lowest BCUT2D eigenvalue weighted by Crippen LogP contribution is -2.17. The topological polar surface area (TPSA) is 106 Å². The van der Waals surface area contributed by atoms with Gasteiger partial charge in [0, 0.05) is 0 Å². The van der Waals surface area contributed by atoms with E-state index >= 15 is 0 Å². The lowest BCUT2D eigenvalue weighted by molar-refractivity contribution is -0.274. The van der Waals surface area contributed by atoms with E-state index in [1.807, 2.05) is 13.0 Å². The Morgan fingerprint density at radius 2 is 2.00 bits per heavy atom. The number of halogens is 3. The highest BCUT2D eigenvalue weighted by atomic mass is 32.1. The number of rotatable bonds is 9. The maximum Gasteiger partial charge on any atom is 0.573 e. The molecule has 2 aromatic carbocycles. The molecule has 0 unspecified atom stereocenters. The van der Waals surface area contributed by atoms with Crippen LogP contribution in [0.3, 0.4) is 0 Å². The van der Waals surface area contributed by atoms with Crippen molar-refractivity contribution < 1.29 is 32.2 Å². The summed E-state index contributed by atoms with van der Waals surface area (Å²) in [6.45, 7) is 1.86. The van der Waals surface area contributed by atoms with E-state index in [1.165, 1.54) is 42.7 Å². The molecule has 8 nitrogen and oxygen atoms in total. The fraction of sp³-hybridized carbons (Fsp3) is 0.217. The number of carbonyl (C=O) groups excluding carboxylic acids is 1. The van der Waals surface area contributed by atoms with Gasteiger partial charge in [-0.3, -0.25) is 10.1 Å². The average molecular weight is 504 g/mol. The number of carbonyl (C=O) groups is 1. The predicted molar refractivity (Wildman–Crippen MR) is 122 cm³/mol. The van der Waals surface area contributed by atoms with Gasteiger partial charge in [0.15, 0.2) is 11.5 Å². The van der Waals surface area contributed by atoms with E-state index in [4.69, 9.17) is 9.47 Å². The second-order valence-corrected chi connectivity index (χ2v) is 7.93. The summed E-state index contributed by atoms with van der Waals surface area (Å²) in [5.74, 6) is -0.370. The van der Waals surface area contributed by atoms with Gasteiger partial charge in [-0.25, -0.2) is 0 Å². The Balaban J connectivity index is 1.71. The zero-order valence-corrected chi connectivity index (χ0v) is 19.4. The quantitative estimate of drug-likeness (QED) is 0.318. The molecule has 1 aromatic heterocycles. The lowest BCUT2D eigenvalue weighted by atomic mass is 10.1. The fourth-order valence-electron chi connectivity index (χ4n) is 2.81. The number of nitriles is 1. The van der Waals surface area contributed by atoms with Gasteiger partial charge < -0.3 is 14.2 Å². The summed E-state index contributed by atoms with van der Waals surface area (Å²) in [4.78, 5) is 12.4. The molecule has 0 saturated heterocycles. The molecule has 0 fully saturated rings. The number of amides is 1. The molecule has 12 heteroatoms. The molecule has 0 saturated carbocycles. The van der Waals surface area contributed by atoms with Crippen LogP contribution in [0.15, 0.2) is 48.0 Å². The van der Waals surface area contributed by atoms with Crippen LogP contribution in [0.25, 0.3) is 6.08 Å². The first-order chi connectivity index (χ1) is 16.7. The smallest absolute Gasteiger partial charge is 0.493 e. The van der Waals surface area contributed by atoms with E-state index in [9.17, 15) is 23.2 Å². The number of nitrogens with zero attached hydrogens (tertiary/aromatic N) is 3. The van der Waals surface area contributed by atoms with Gasteiger partial charge >= 0.3 is 6.36 Å². The van der Waals surface area contributed by atoms with Crippen LogP contribution in [0.2, 0.25) is 0 Å². The first-order valence-electron chi connectivity index (χ1n) is 10.1. The Morgan fingerprint density at radius 1 is 1.20 bits per heavy atom. The van der Waals surface area contributed by atoms with E-state index in [-0.39, 0.29) is 17.9 Å². The molecular formula is C23H19F3N4O4S. The Bertz CT molecular complexity index is 1270. The highest BCUT2D eigenvalue weighted by Gasteiger charge is 2.31. The van der Waals surface area contributed by atoms with Gasteiger partial charge in [-0.15, -0.1) is 23.4 Å². The van der Waals surface area contributed by atoms with Crippen molar-refractivity contribution in [3.8, 4) is 23.3 Å². The summed E-state index contributed by atoms with van der Waals surface area (Å²) in [6.07, 6.45) is -2.74. The van der Waals surface area contributed by atoms with E-state index in [0.717, 1.165) is 5.01 Å². The van der Waals surface area contributed by atoms with Gasteiger partial charge in [0.2, 0.25) is 5.13 Å². The molecule has 1 N–H and O–H groups in total. The highest BCUT2D eigenvalue weighted by Crippen LogP contribution is 2.30. The Labute approximate surface area is 202 Å². The molecule has 35 heavy (non-hydrogen) atoms. The molecule has 1 heterocycles. The lowest BCUT2D eigenvalue weighted by Gasteiger charge is -2.13. The number of hydrogen-bond donors (Lipinski definition) is 1. The van der Waals surface area contributed by atoms with Gasteiger partial charge in [-0.1, -0.05) is 36.5 Å². The maximum absolute atomic E-state index is 12.4. The number of ether oxygens (including phenoxy) is 3. The molecule has 0 aliphatic rings. The number of alkyl halides is 3. The summed E-state index contributed by atoms with van der Waals surface area (Å²) in [5, 5.41) is 20.8. The molecule has 1 amide bonds. The highest BCUT2D eigenvalue weighted by molar-refractivity contribution is 7.15. The van der Waals surface area contributed by atoms with Crippen molar-refractivity contribution in [3.05, 3.63) is 64.2 Å². The first-order valence-corrected chi connectivity index (χ1v) is 10.9. The van der Waals surface area contributed by atoms with Crippen LogP contribution >= 0.6 is 11.3 Å². The standard InChI is InChI=1S/C23H19F3N4O4S/c1-3-20-29-30-22(35-20)28-21(31)16(12-27)9-14-7-8-18(19(11-14)32-2)33-13-15-5-4-6-17(10-15)34-23(24,25)26/h4-11H,3,13H2,1-2H3,(H,28,30,31). The molecule has 0 radical (unpaired) electrons. The van der Waals surface area contributed by atoms with E-state index in [0.29, 0.717) is 34.2 Å². The van der Waals surface area contributed by atoms with Gasteiger partial charge in [-0.2, -0.15) is 5.26 Å². The summed E-state index contributed by atoms with van der Waals surface area (Å²) < 4.78 is 52.2. The molecule has 3 aromatic rings. The van der Waals surface area contributed by atoms with Crippen LogP contribution in [-0.4, -0.2) is 29.6 Å². The minimum absolute atomic E-state index is 0.0476. The second-order valence-electron chi connectivity index (χ2n) is 6.87. The molecular weight excluding hydrogens is 485 g/mol. The summed E-state index contributed by atoms with van der Waals surface area (Å²) in [5.41, 5.74) is 0.785. The third-order valence-corrected chi connectivity index (χ3v) is 5.36. The fourth-order valence-corrected chi connectivity index (χ4v) is 3.49. The second kappa shape index (κ2) is 11.3. The third kappa shape index (κ3) is 7.44. The van der Waals surface area contributed by atoms with E-state index in [2.05, 4.69) is 20.3 Å². The first kappa shape index (κ1) is 25.5. The van der Waals surface area contributed by atoms with Crippen molar-refractivity contribution in [2.24, 2.45) is 0 Å². The number of methoxy groups -OCH3 is 1. The van der Waals surface area contributed by atoms with Crippen molar-refractivity contribution in [1.82, 2.24) is 10.2 Å². The number of aryl methyl sites for hydroxylation is 1. The van der Waals surface area contributed by atoms with Gasteiger partial charge in [-0.05, 0) is 47.9 Å². The zero-order valence-electron chi connectivity index (χ0n) is 18.5. The number of hydrogen-bond acceptors (Lipinski definition) is 8. The molecule has 0 aliphatic carbocycles. The Hall–Kier alpha value is -4.11.